The number of nitrogens with zero attached hydrogens (tertiary/aromatic N) is 1. The largest absolute Gasteiger partial charge is 0.544 e. The first kappa shape index (κ1) is 43.3. The zero-order valence-corrected chi connectivity index (χ0v) is 36.1. The van der Waals surface area contributed by atoms with E-state index in [-0.39, 0.29) is 47.1 Å². The molecule has 0 amide bonds. The van der Waals surface area contributed by atoms with Crippen LogP contribution in [0, 0.1) is 29.1 Å². The lowest BCUT2D eigenvalue weighted by molar-refractivity contribution is -0.431. The van der Waals surface area contributed by atoms with E-state index in [4.69, 9.17) is 28.7 Å². The van der Waals surface area contributed by atoms with Gasteiger partial charge in [-0.3, -0.25) is 4.99 Å². The first-order valence-corrected chi connectivity index (χ1v) is 23.6. The van der Waals surface area contributed by atoms with Crippen molar-refractivity contribution in [1.82, 2.24) is 0 Å². The molecule has 2 unspecified atom stereocenters. The molecule has 6 saturated heterocycles. The fraction of sp³-hybridized carbons (Fsp3) is 0.867. The number of carbonyl (C=O) groups is 1. The number of carboxylic acid groups (broad SMARTS) is 1. The molecule has 6 N–H and O–H groups in total. The Morgan fingerprint density at radius 3 is 2.52 bits per heavy atom. The Hall–Kier alpha value is -1.39. The topological polar surface area (TPSA) is 187 Å². The minimum atomic E-state index is -1.20. The van der Waals surface area contributed by atoms with E-state index in [1.807, 2.05) is 6.92 Å². The van der Waals surface area contributed by atoms with Crippen LogP contribution in [-0.4, -0.2) is 111 Å². The van der Waals surface area contributed by atoms with Crippen LogP contribution in [0.4, 0.5) is 0 Å². The van der Waals surface area contributed by atoms with E-state index in [1.165, 1.54) is 17.5 Å². The number of aliphatic hydroxyl groups is 3. The standard InChI is InChI=1S/C45H70N2O10S/c1-26-8-6-10-36-42(20-27(2)29(4)23-47-36)15-11-30(35(24-48)58-25-34(46)40(50)51)19-33(42)38-39-37(49)28(3)21-44(55-38,56-39)22-32-9-7-13-43(53-32)16-17-45(57-43)41(5,52)14-12-31(18-26)54-45/h19,27-29,31-35,37-39,48-49,52H,1,6-18,20-25,46H2,2-5H3,(H,50,51)/t27-,28+,29-,31-,32+,33+,34?,35?,37+,38-,39+,41+,42+,43+,44+,45+/m0/s1. The molecule has 326 valence electrons. The third kappa shape index (κ3) is 7.94. The summed E-state index contributed by atoms with van der Waals surface area (Å²) < 4.78 is 35.3. The Morgan fingerprint density at radius 1 is 0.948 bits per heavy atom. The van der Waals surface area contributed by atoms with Gasteiger partial charge in [-0.25, -0.2) is 0 Å². The van der Waals surface area contributed by atoms with Crippen LogP contribution >= 0.6 is 11.8 Å². The second-order valence-corrected chi connectivity index (χ2v) is 21.3. The van der Waals surface area contributed by atoms with Gasteiger partial charge in [0.1, 0.15) is 17.7 Å². The number of hydrogen-bond acceptors (Lipinski definition) is 12. The number of ether oxygens (including phenoxy) is 5. The molecule has 12 nitrogen and oxygen atoms in total. The zero-order chi connectivity index (χ0) is 41.3. The number of aliphatic hydroxyl groups excluding tert-OH is 2. The van der Waals surface area contributed by atoms with Gasteiger partial charge in [-0.15, -0.1) is 11.8 Å². The molecule has 13 heteroatoms. The van der Waals surface area contributed by atoms with E-state index in [9.17, 15) is 25.2 Å². The summed E-state index contributed by atoms with van der Waals surface area (Å²) in [6, 6.07) is -0.893. The summed E-state index contributed by atoms with van der Waals surface area (Å²) in [5.41, 5.74) is 5.63. The van der Waals surface area contributed by atoms with Crippen LogP contribution in [0.3, 0.4) is 0 Å². The summed E-state index contributed by atoms with van der Waals surface area (Å²) in [5.74, 6) is -3.52. The molecule has 8 rings (SSSR count). The maximum atomic E-state index is 12.0. The molecular formula is C45H70N2O10S. The van der Waals surface area contributed by atoms with Gasteiger partial charge >= 0.3 is 0 Å². The number of thioether (sulfide) groups is 1. The number of rotatable bonds is 6. The number of aliphatic imine (C=N–C) groups is 1. The Morgan fingerprint density at radius 2 is 1.74 bits per heavy atom. The maximum absolute atomic E-state index is 12.0. The third-order valence-electron chi connectivity index (χ3n) is 15.8. The highest BCUT2D eigenvalue weighted by molar-refractivity contribution is 8.00. The van der Waals surface area contributed by atoms with Crippen molar-refractivity contribution in [3.8, 4) is 0 Å². The van der Waals surface area contributed by atoms with Crippen LogP contribution < -0.4 is 10.8 Å². The average Bonchev–Trinajstić information content (AvgIpc) is 3.65. The van der Waals surface area contributed by atoms with E-state index in [0.29, 0.717) is 50.4 Å². The molecule has 4 spiro atoms. The summed E-state index contributed by atoms with van der Waals surface area (Å²) >= 11 is 1.42. The molecule has 7 bridgehead atoms. The van der Waals surface area contributed by atoms with Gasteiger partial charge in [0.25, 0.3) is 0 Å². The SMILES string of the molecule is C=C1CCCC2=NC[C@H](C)[C@@H](C)C[C@@]23CCC(C(CO)SCC([NH3+])C(=O)[O-])=C[C@@H]3[C@@H]2O[C@]3(C[C@H]4CCC[C@@]5(CC[C@@]6(O[C@@H](CC[C@@]6(C)O)C1)O5)O4)C[C@@H](C)[C@@H](O)[C@H]2O3. The maximum Gasteiger partial charge on any atom is 0.200 e. The van der Waals surface area contributed by atoms with Crippen LogP contribution in [0.1, 0.15) is 130 Å². The Balaban J connectivity index is 1.20. The molecule has 0 saturated carbocycles. The lowest BCUT2D eigenvalue weighted by Gasteiger charge is -2.50. The summed E-state index contributed by atoms with van der Waals surface area (Å²) in [6.07, 6.45) is 11.8. The van der Waals surface area contributed by atoms with Gasteiger partial charge in [0.15, 0.2) is 11.6 Å². The number of fused-ring (bicyclic) bond motifs is 6. The highest BCUT2D eigenvalue weighted by atomic mass is 32.2. The monoisotopic (exact) mass is 830 g/mol. The number of carbonyl (C=O) groups excluding carboxylic acids is 1. The van der Waals surface area contributed by atoms with Gasteiger partial charge in [0.05, 0.1) is 42.7 Å². The van der Waals surface area contributed by atoms with Crippen molar-refractivity contribution in [2.45, 2.75) is 195 Å². The van der Waals surface area contributed by atoms with Crippen LogP contribution in [0.2, 0.25) is 0 Å². The number of aliphatic carboxylic acids is 1. The highest BCUT2D eigenvalue weighted by Gasteiger charge is 2.66. The van der Waals surface area contributed by atoms with Gasteiger partial charge in [-0.05, 0) is 95.3 Å². The lowest BCUT2D eigenvalue weighted by atomic mass is 9.57. The lowest BCUT2D eigenvalue weighted by Crippen LogP contribution is -2.69. The van der Waals surface area contributed by atoms with Crippen LogP contribution in [-0.2, 0) is 28.5 Å². The van der Waals surface area contributed by atoms with Crippen LogP contribution in [0.25, 0.3) is 0 Å². The quantitative estimate of drug-likeness (QED) is 0.284. The number of quaternary nitrogens is 1. The van der Waals surface area contributed by atoms with Crippen molar-refractivity contribution < 1.29 is 54.6 Å². The fourth-order valence-electron chi connectivity index (χ4n) is 12.2. The van der Waals surface area contributed by atoms with E-state index in [2.05, 4.69) is 39.2 Å². The van der Waals surface area contributed by atoms with Gasteiger partial charge in [-0.1, -0.05) is 44.6 Å². The van der Waals surface area contributed by atoms with Crippen molar-refractivity contribution in [3.05, 3.63) is 23.8 Å². The smallest absolute Gasteiger partial charge is 0.200 e. The molecule has 7 aliphatic heterocycles. The number of carboxylic acids is 1. The van der Waals surface area contributed by atoms with Gasteiger partial charge in [0, 0.05) is 60.9 Å². The molecule has 0 aromatic heterocycles. The molecule has 7 heterocycles. The highest BCUT2D eigenvalue weighted by Crippen LogP contribution is 2.59. The summed E-state index contributed by atoms with van der Waals surface area (Å²) in [5, 5.41) is 45.9. The zero-order valence-electron chi connectivity index (χ0n) is 35.3. The van der Waals surface area contributed by atoms with Crippen molar-refractivity contribution >= 4 is 23.4 Å². The van der Waals surface area contributed by atoms with E-state index < -0.39 is 53.3 Å². The van der Waals surface area contributed by atoms with Crippen molar-refractivity contribution in [2.75, 3.05) is 18.9 Å². The van der Waals surface area contributed by atoms with Crippen molar-refractivity contribution in [2.24, 2.45) is 34.1 Å². The molecule has 58 heavy (non-hydrogen) atoms. The van der Waals surface area contributed by atoms with Crippen molar-refractivity contribution in [1.29, 1.82) is 0 Å². The van der Waals surface area contributed by atoms with Crippen molar-refractivity contribution in [3.63, 3.8) is 0 Å². The first-order chi connectivity index (χ1) is 27.5. The summed E-state index contributed by atoms with van der Waals surface area (Å²) in [6.45, 7) is 13.7. The Kier molecular flexibility index (Phi) is 12.2. The van der Waals surface area contributed by atoms with Gasteiger partial charge in [-0.2, -0.15) is 0 Å². The molecule has 6 fully saturated rings. The summed E-state index contributed by atoms with van der Waals surface area (Å²) in [7, 11) is 0. The first-order valence-electron chi connectivity index (χ1n) is 22.5. The Bertz CT molecular complexity index is 1620. The second kappa shape index (κ2) is 16.4. The summed E-state index contributed by atoms with van der Waals surface area (Å²) in [4.78, 5) is 17.1. The predicted molar refractivity (Wildman–Crippen MR) is 217 cm³/mol. The molecule has 0 aromatic carbocycles. The molecule has 16 atom stereocenters. The van der Waals surface area contributed by atoms with Crippen LogP contribution in [0.5, 0.6) is 0 Å². The normalized spacial score (nSPS) is 48.1. The van der Waals surface area contributed by atoms with E-state index in [0.717, 1.165) is 81.9 Å². The Labute approximate surface area is 349 Å². The average molecular weight is 831 g/mol. The molecule has 1 aliphatic carbocycles. The van der Waals surface area contributed by atoms with Crippen LogP contribution in [0.15, 0.2) is 28.8 Å². The molecule has 0 aromatic rings. The van der Waals surface area contributed by atoms with Gasteiger partial charge in [0.2, 0.25) is 5.79 Å². The minimum Gasteiger partial charge on any atom is -0.544 e. The van der Waals surface area contributed by atoms with Gasteiger partial charge < -0.3 is 54.6 Å². The van der Waals surface area contributed by atoms with E-state index >= 15 is 0 Å². The molecule has 8 aliphatic rings. The minimum absolute atomic E-state index is 0.0811. The fourth-order valence-corrected chi connectivity index (χ4v) is 13.3. The second-order valence-electron chi connectivity index (χ2n) is 20.1. The van der Waals surface area contributed by atoms with E-state index in [1.54, 1.807) is 0 Å². The molecular weight excluding hydrogens is 761 g/mol. The third-order valence-corrected chi connectivity index (χ3v) is 17.3. The predicted octanol–water partition coefficient (Wildman–Crippen LogP) is 3.98. The number of hydrogen-bond donors (Lipinski definition) is 4. The molecule has 0 radical (unpaired) electrons.